The smallest absolute Gasteiger partial charge is 0.414 e. The van der Waals surface area contributed by atoms with Crippen molar-refractivity contribution >= 4 is 27.0 Å². The highest BCUT2D eigenvalue weighted by atomic mass is 32.2. The summed E-state index contributed by atoms with van der Waals surface area (Å²) < 4.78 is 34.2. The SMILES string of the molecule is Cc1ccc(S(=O)(=O)n2cc3c4c(cccc42)C2C=CN(C(=O)OCc4ccccc4)C3C2)cc1. The minimum atomic E-state index is -3.81. The lowest BCUT2D eigenvalue weighted by Gasteiger charge is -2.38. The van der Waals surface area contributed by atoms with Crippen LogP contribution in [-0.4, -0.2) is 23.4 Å². The number of ether oxygens (including phenoxy) is 1. The van der Waals surface area contributed by atoms with Gasteiger partial charge in [0.25, 0.3) is 10.0 Å². The summed E-state index contributed by atoms with van der Waals surface area (Å²) >= 11 is 0. The van der Waals surface area contributed by atoms with E-state index < -0.39 is 16.1 Å². The number of benzene rings is 3. The molecule has 6 nitrogen and oxygen atoms in total. The van der Waals surface area contributed by atoms with Gasteiger partial charge < -0.3 is 4.74 Å². The van der Waals surface area contributed by atoms with E-state index >= 15 is 0 Å². The molecule has 4 aromatic rings. The van der Waals surface area contributed by atoms with Crippen LogP contribution in [0.2, 0.25) is 0 Å². The van der Waals surface area contributed by atoms with Gasteiger partial charge in [0.05, 0.1) is 16.5 Å². The predicted octanol–water partition coefficient (Wildman–Crippen LogP) is 5.88. The molecule has 7 heteroatoms. The third kappa shape index (κ3) is 3.54. The quantitative estimate of drug-likeness (QED) is 0.363. The number of amides is 1. The monoisotopic (exact) mass is 484 g/mol. The first-order valence-corrected chi connectivity index (χ1v) is 13.0. The summed E-state index contributed by atoms with van der Waals surface area (Å²) in [5, 5.41) is 0.898. The highest BCUT2D eigenvalue weighted by molar-refractivity contribution is 7.90. The normalized spacial score (nSPS) is 18.6. The van der Waals surface area contributed by atoms with Crippen molar-refractivity contribution in [1.82, 2.24) is 8.87 Å². The minimum absolute atomic E-state index is 0.104. The van der Waals surface area contributed by atoms with Crippen LogP contribution in [0.5, 0.6) is 0 Å². The van der Waals surface area contributed by atoms with Crippen LogP contribution in [0.15, 0.2) is 96.2 Å². The molecule has 0 spiro atoms. The number of hydrogen-bond donors (Lipinski definition) is 0. The Hall–Kier alpha value is -3.84. The molecule has 176 valence electrons. The number of carbonyl (C=O) groups excluding carboxylic acids is 1. The van der Waals surface area contributed by atoms with Crippen molar-refractivity contribution in [2.75, 3.05) is 0 Å². The summed E-state index contributed by atoms with van der Waals surface area (Å²) in [5.74, 6) is 0.104. The van der Waals surface area contributed by atoms with E-state index in [9.17, 15) is 13.2 Å². The van der Waals surface area contributed by atoms with Crippen LogP contribution < -0.4 is 0 Å². The van der Waals surface area contributed by atoms with Gasteiger partial charge in [-0.05, 0) is 42.7 Å². The fraction of sp³-hybridized carbons (Fsp3) is 0.179. The number of allylic oxidation sites excluding steroid dienone is 1. The minimum Gasteiger partial charge on any atom is -0.444 e. The zero-order valence-corrected chi connectivity index (χ0v) is 20.0. The Kier molecular flexibility index (Phi) is 5.04. The van der Waals surface area contributed by atoms with E-state index in [1.807, 2.05) is 61.5 Å². The Morgan fingerprint density at radius 3 is 2.51 bits per heavy atom. The number of aromatic nitrogens is 1. The average molecular weight is 485 g/mol. The highest BCUT2D eigenvalue weighted by Crippen LogP contribution is 2.49. The third-order valence-corrected chi connectivity index (χ3v) is 8.59. The zero-order valence-electron chi connectivity index (χ0n) is 19.2. The molecule has 6 rings (SSSR count). The predicted molar refractivity (Wildman–Crippen MR) is 133 cm³/mol. The second-order valence-corrected chi connectivity index (χ2v) is 10.9. The number of aryl methyl sites for hydroxylation is 1. The molecule has 2 unspecified atom stereocenters. The summed E-state index contributed by atoms with van der Waals surface area (Å²) in [4.78, 5) is 14.9. The van der Waals surface area contributed by atoms with Crippen molar-refractivity contribution in [3.63, 3.8) is 0 Å². The van der Waals surface area contributed by atoms with E-state index in [-0.39, 0.29) is 23.5 Å². The molecular weight excluding hydrogens is 460 g/mol. The Morgan fingerprint density at radius 1 is 0.971 bits per heavy atom. The summed E-state index contributed by atoms with van der Waals surface area (Å²) in [7, 11) is -3.81. The number of nitrogens with zero attached hydrogens (tertiary/aromatic N) is 2. The third-order valence-electron chi connectivity index (χ3n) is 6.90. The Balaban J connectivity index is 1.40. The van der Waals surface area contributed by atoms with Gasteiger partial charge in [0.1, 0.15) is 6.61 Å². The molecule has 0 saturated carbocycles. The van der Waals surface area contributed by atoms with Crippen LogP contribution in [0.3, 0.4) is 0 Å². The fourth-order valence-corrected chi connectivity index (χ4v) is 6.49. The summed E-state index contributed by atoms with van der Waals surface area (Å²) in [6.07, 6.45) is 5.69. The lowest BCUT2D eigenvalue weighted by Crippen LogP contribution is -2.35. The average Bonchev–Trinajstić information content (AvgIpc) is 3.28. The van der Waals surface area contributed by atoms with E-state index in [0.29, 0.717) is 11.9 Å². The summed E-state index contributed by atoms with van der Waals surface area (Å²) in [5.41, 5.74) is 4.43. The van der Waals surface area contributed by atoms with Crippen LogP contribution in [0.25, 0.3) is 10.9 Å². The van der Waals surface area contributed by atoms with Crippen LogP contribution in [0.1, 0.15) is 40.6 Å². The van der Waals surface area contributed by atoms with Crippen molar-refractivity contribution in [3.05, 3.63) is 114 Å². The number of carbonyl (C=O) groups is 1. The van der Waals surface area contributed by atoms with E-state index in [4.69, 9.17) is 4.74 Å². The van der Waals surface area contributed by atoms with Crippen LogP contribution in [-0.2, 0) is 21.4 Å². The molecule has 2 atom stereocenters. The van der Waals surface area contributed by atoms with Gasteiger partial charge in [0.15, 0.2) is 0 Å². The van der Waals surface area contributed by atoms with Crippen molar-refractivity contribution in [1.29, 1.82) is 0 Å². The van der Waals surface area contributed by atoms with Crippen molar-refractivity contribution in [2.24, 2.45) is 0 Å². The van der Waals surface area contributed by atoms with Crippen LogP contribution in [0, 0.1) is 6.92 Å². The maximum absolute atomic E-state index is 13.6. The molecule has 35 heavy (non-hydrogen) atoms. The first kappa shape index (κ1) is 21.7. The van der Waals surface area contributed by atoms with Gasteiger partial charge in [-0.1, -0.05) is 66.2 Å². The van der Waals surface area contributed by atoms with Crippen molar-refractivity contribution in [3.8, 4) is 0 Å². The van der Waals surface area contributed by atoms with E-state index in [2.05, 4.69) is 0 Å². The number of fused-ring (bicyclic) bond motifs is 4. The Morgan fingerprint density at radius 2 is 1.74 bits per heavy atom. The topological polar surface area (TPSA) is 68.6 Å². The molecule has 2 aliphatic rings. The van der Waals surface area contributed by atoms with Gasteiger partial charge >= 0.3 is 6.09 Å². The molecule has 0 saturated heterocycles. The van der Waals surface area contributed by atoms with Gasteiger partial charge in [-0.2, -0.15) is 0 Å². The van der Waals surface area contributed by atoms with Gasteiger partial charge in [-0.15, -0.1) is 0 Å². The van der Waals surface area contributed by atoms with Crippen molar-refractivity contribution in [2.45, 2.75) is 36.8 Å². The Labute approximate surface area is 204 Å². The molecule has 2 bridgehead atoms. The lowest BCUT2D eigenvalue weighted by molar-refractivity contribution is 0.0935. The standard InChI is InChI=1S/C28H24N2O4S/c1-19-10-12-22(13-11-19)35(32,33)30-17-24-26-16-21(23-8-5-9-25(30)27(23)24)14-15-29(26)28(31)34-18-20-6-3-2-4-7-20/h2-15,17,21,26H,16,18H2,1H3. The molecular formula is C28H24N2O4S. The molecule has 3 aromatic carbocycles. The van der Waals surface area contributed by atoms with Crippen LogP contribution >= 0.6 is 0 Å². The zero-order chi connectivity index (χ0) is 24.2. The van der Waals surface area contributed by atoms with Gasteiger partial charge in [0, 0.05) is 29.3 Å². The maximum Gasteiger partial charge on any atom is 0.414 e. The number of hydrogen-bond acceptors (Lipinski definition) is 4. The molecule has 1 aromatic heterocycles. The molecule has 1 amide bonds. The molecule has 0 N–H and O–H groups in total. The Bertz CT molecular complexity index is 1570. The summed E-state index contributed by atoms with van der Waals surface area (Å²) in [6.45, 7) is 2.10. The highest BCUT2D eigenvalue weighted by Gasteiger charge is 2.39. The van der Waals surface area contributed by atoms with Gasteiger partial charge in [0.2, 0.25) is 0 Å². The lowest BCUT2D eigenvalue weighted by atomic mass is 9.79. The van der Waals surface area contributed by atoms with Crippen LogP contribution in [0.4, 0.5) is 4.79 Å². The van der Waals surface area contributed by atoms with E-state index in [0.717, 1.165) is 27.6 Å². The summed E-state index contributed by atoms with van der Waals surface area (Å²) in [6, 6.07) is 21.9. The van der Waals surface area contributed by atoms with E-state index in [1.54, 1.807) is 41.6 Å². The molecule has 1 aliphatic carbocycles. The largest absolute Gasteiger partial charge is 0.444 e. The maximum atomic E-state index is 13.6. The number of rotatable bonds is 4. The van der Waals surface area contributed by atoms with Crippen molar-refractivity contribution < 1.29 is 17.9 Å². The molecule has 0 radical (unpaired) electrons. The molecule has 1 aliphatic heterocycles. The van der Waals surface area contributed by atoms with Gasteiger partial charge in [-0.25, -0.2) is 17.2 Å². The second kappa shape index (κ2) is 8.13. The molecule has 2 heterocycles. The molecule has 0 fully saturated rings. The fourth-order valence-electron chi connectivity index (χ4n) is 5.12. The first-order valence-electron chi connectivity index (χ1n) is 11.6. The van der Waals surface area contributed by atoms with Gasteiger partial charge in [-0.3, -0.25) is 4.90 Å². The second-order valence-electron chi connectivity index (χ2n) is 9.09. The first-order chi connectivity index (χ1) is 16.9. The van der Waals surface area contributed by atoms with E-state index in [1.165, 1.54) is 3.97 Å².